The summed E-state index contributed by atoms with van der Waals surface area (Å²) in [5.41, 5.74) is 1.20. The number of quaternary nitrogens is 1. The normalized spacial score (nSPS) is 33.5. The molecule has 4 nitrogen and oxygen atoms in total. The monoisotopic (exact) mass is 207 g/mol. The largest absolute Gasteiger partial charge is 0.312 e. The molecule has 0 saturated carbocycles. The Morgan fingerprint density at radius 2 is 2.27 bits per heavy atom. The second-order valence-electron chi connectivity index (χ2n) is 4.67. The summed E-state index contributed by atoms with van der Waals surface area (Å²) in [5.74, 6) is 0.808. The first-order chi connectivity index (χ1) is 7.24. The molecule has 2 aliphatic rings. The molecule has 80 valence electrons. The molecule has 3 rings (SSSR count). The zero-order valence-electron chi connectivity index (χ0n) is 8.52. The van der Waals surface area contributed by atoms with Crippen molar-refractivity contribution in [3.05, 3.63) is 34.2 Å². The Bertz CT molecular complexity index is 440. The molecule has 0 aliphatic carbocycles. The van der Waals surface area contributed by atoms with Gasteiger partial charge in [0.2, 0.25) is 0 Å². The first kappa shape index (κ1) is 9.12. The Morgan fingerprint density at radius 3 is 3.13 bits per heavy atom. The first-order valence-electron chi connectivity index (χ1n) is 5.47. The van der Waals surface area contributed by atoms with E-state index in [0.717, 1.165) is 31.7 Å². The minimum atomic E-state index is 0.101. The van der Waals surface area contributed by atoms with Crippen LogP contribution in [0.1, 0.15) is 18.0 Å². The standard InChI is InChI=1S/C11H14N2O2/c14-11-3-1-2-10-9-4-8(6-13(10)11)5-12(15)7-9/h1-3,8-9,15H,4-7H2/p+1. The number of nitrogens with zero attached hydrogens (tertiary/aromatic N) is 1. The maximum absolute atomic E-state index is 11.7. The summed E-state index contributed by atoms with van der Waals surface area (Å²) in [4.78, 5) is 11.7. The highest BCUT2D eigenvalue weighted by molar-refractivity contribution is 5.15. The SMILES string of the molecule is O=c1cccc2n1CC1CC2C[NH+](O)C1. The maximum Gasteiger partial charge on any atom is 0.250 e. The van der Waals surface area contributed by atoms with Crippen LogP contribution in [0.25, 0.3) is 0 Å². The summed E-state index contributed by atoms with van der Waals surface area (Å²) in [7, 11) is 0. The van der Waals surface area contributed by atoms with Gasteiger partial charge in [0.15, 0.2) is 0 Å². The van der Waals surface area contributed by atoms with Crippen LogP contribution in [0.15, 0.2) is 23.0 Å². The topological polar surface area (TPSA) is 46.7 Å². The van der Waals surface area contributed by atoms with Gasteiger partial charge in [-0.05, 0) is 12.5 Å². The third-order valence-electron chi connectivity index (χ3n) is 3.57. The number of fused-ring (bicyclic) bond motifs is 4. The third-order valence-corrected chi connectivity index (χ3v) is 3.57. The van der Waals surface area contributed by atoms with Crippen molar-refractivity contribution in [2.24, 2.45) is 5.92 Å². The fraction of sp³-hybridized carbons (Fsp3) is 0.545. The molecule has 3 unspecified atom stereocenters. The number of rotatable bonds is 0. The number of hydrogen-bond acceptors (Lipinski definition) is 2. The van der Waals surface area contributed by atoms with Gasteiger partial charge in [0.1, 0.15) is 13.1 Å². The number of hydrogen-bond donors (Lipinski definition) is 2. The van der Waals surface area contributed by atoms with Gasteiger partial charge in [-0.25, -0.2) is 5.21 Å². The molecule has 2 aliphatic heterocycles. The molecule has 0 spiro atoms. The van der Waals surface area contributed by atoms with Crippen molar-refractivity contribution in [2.45, 2.75) is 18.9 Å². The zero-order chi connectivity index (χ0) is 10.4. The molecule has 0 aromatic carbocycles. The van der Waals surface area contributed by atoms with Crippen LogP contribution in [-0.2, 0) is 6.54 Å². The van der Waals surface area contributed by atoms with Crippen LogP contribution in [0.5, 0.6) is 0 Å². The minimum absolute atomic E-state index is 0.101. The van der Waals surface area contributed by atoms with Crippen molar-refractivity contribution in [2.75, 3.05) is 13.1 Å². The van der Waals surface area contributed by atoms with Crippen LogP contribution >= 0.6 is 0 Å². The lowest BCUT2D eigenvalue weighted by atomic mass is 9.84. The molecule has 4 heteroatoms. The highest BCUT2D eigenvalue weighted by atomic mass is 16.5. The highest BCUT2D eigenvalue weighted by Gasteiger charge is 2.36. The number of nitrogens with one attached hydrogen (secondary N) is 1. The van der Waals surface area contributed by atoms with Gasteiger partial charge in [-0.15, -0.1) is 0 Å². The molecule has 1 fully saturated rings. The molecule has 1 aromatic rings. The van der Waals surface area contributed by atoms with E-state index in [0.29, 0.717) is 16.9 Å². The number of hydroxylamine groups is 2. The Kier molecular flexibility index (Phi) is 1.94. The predicted molar refractivity (Wildman–Crippen MR) is 54.0 cm³/mol. The van der Waals surface area contributed by atoms with Crippen molar-refractivity contribution < 1.29 is 10.3 Å². The van der Waals surface area contributed by atoms with Crippen LogP contribution in [0.3, 0.4) is 0 Å². The lowest BCUT2D eigenvalue weighted by Crippen LogP contribution is -3.12. The summed E-state index contributed by atoms with van der Waals surface area (Å²) >= 11 is 0. The van der Waals surface area contributed by atoms with Gasteiger partial charge in [-0.2, -0.15) is 5.06 Å². The number of aromatic nitrogens is 1. The fourth-order valence-electron chi connectivity index (χ4n) is 2.98. The van der Waals surface area contributed by atoms with E-state index in [9.17, 15) is 10.0 Å². The summed E-state index contributed by atoms with van der Waals surface area (Å²) in [6.45, 7) is 2.28. The van der Waals surface area contributed by atoms with E-state index in [1.54, 1.807) is 6.07 Å². The van der Waals surface area contributed by atoms with Gasteiger partial charge in [0, 0.05) is 24.2 Å². The molecular weight excluding hydrogens is 192 g/mol. The van der Waals surface area contributed by atoms with E-state index in [4.69, 9.17) is 0 Å². The lowest BCUT2D eigenvalue weighted by Gasteiger charge is -2.37. The molecule has 1 aromatic heterocycles. The molecule has 0 radical (unpaired) electrons. The van der Waals surface area contributed by atoms with Crippen molar-refractivity contribution in [3.8, 4) is 0 Å². The smallest absolute Gasteiger partial charge is 0.250 e. The Balaban J connectivity index is 2.10. The summed E-state index contributed by atoms with van der Waals surface area (Å²) in [6, 6.07) is 5.45. The predicted octanol–water partition coefficient (Wildman–Crippen LogP) is -0.760. The van der Waals surface area contributed by atoms with Crippen molar-refractivity contribution >= 4 is 0 Å². The van der Waals surface area contributed by atoms with Crippen LogP contribution in [0.2, 0.25) is 0 Å². The van der Waals surface area contributed by atoms with E-state index >= 15 is 0 Å². The number of pyridine rings is 1. The van der Waals surface area contributed by atoms with Gasteiger partial charge < -0.3 is 4.57 Å². The highest BCUT2D eigenvalue weighted by Crippen LogP contribution is 2.29. The van der Waals surface area contributed by atoms with E-state index < -0.39 is 0 Å². The van der Waals surface area contributed by atoms with Crippen molar-refractivity contribution in [3.63, 3.8) is 0 Å². The quantitative estimate of drug-likeness (QED) is 0.587. The molecule has 2 bridgehead atoms. The average Bonchev–Trinajstić information content (AvgIpc) is 2.19. The van der Waals surface area contributed by atoms with Gasteiger partial charge in [0.05, 0.1) is 5.92 Å². The average molecular weight is 207 g/mol. The van der Waals surface area contributed by atoms with E-state index in [2.05, 4.69) is 0 Å². The molecule has 3 atom stereocenters. The molecule has 1 saturated heterocycles. The van der Waals surface area contributed by atoms with Crippen LogP contribution in [0, 0.1) is 5.92 Å². The van der Waals surface area contributed by atoms with E-state index in [1.807, 2.05) is 16.7 Å². The van der Waals surface area contributed by atoms with Gasteiger partial charge in [0.25, 0.3) is 5.56 Å². The summed E-state index contributed by atoms with van der Waals surface area (Å²) in [5, 5.41) is 10.2. The van der Waals surface area contributed by atoms with Crippen molar-refractivity contribution in [1.82, 2.24) is 4.57 Å². The van der Waals surface area contributed by atoms with Gasteiger partial charge in [-0.3, -0.25) is 4.79 Å². The van der Waals surface area contributed by atoms with E-state index in [1.165, 1.54) is 0 Å². The Hall–Kier alpha value is -1.13. The zero-order valence-corrected chi connectivity index (χ0v) is 8.52. The third kappa shape index (κ3) is 1.41. The van der Waals surface area contributed by atoms with Crippen molar-refractivity contribution in [1.29, 1.82) is 0 Å². The Morgan fingerprint density at radius 1 is 1.40 bits per heavy atom. The van der Waals surface area contributed by atoms with E-state index in [-0.39, 0.29) is 5.56 Å². The molecule has 15 heavy (non-hydrogen) atoms. The lowest BCUT2D eigenvalue weighted by molar-refractivity contribution is -1.09. The number of piperidine rings is 1. The summed E-state index contributed by atoms with van der Waals surface area (Å²) < 4.78 is 1.88. The second-order valence-corrected chi connectivity index (χ2v) is 4.67. The minimum Gasteiger partial charge on any atom is -0.312 e. The molecule has 2 N–H and O–H groups in total. The van der Waals surface area contributed by atoms with Crippen LogP contribution < -0.4 is 10.6 Å². The van der Waals surface area contributed by atoms with Crippen LogP contribution in [-0.4, -0.2) is 22.9 Å². The second kappa shape index (κ2) is 3.18. The first-order valence-corrected chi connectivity index (χ1v) is 5.47. The molecular formula is C11H15N2O2+. The van der Waals surface area contributed by atoms with Gasteiger partial charge >= 0.3 is 0 Å². The van der Waals surface area contributed by atoms with Gasteiger partial charge in [-0.1, -0.05) is 6.07 Å². The Labute approximate surface area is 87.7 Å². The maximum atomic E-state index is 11.7. The molecule has 3 heterocycles. The fourth-order valence-corrected chi connectivity index (χ4v) is 2.98. The van der Waals surface area contributed by atoms with Crippen LogP contribution in [0.4, 0.5) is 0 Å². The molecule has 0 amide bonds. The summed E-state index contributed by atoms with van der Waals surface area (Å²) in [6.07, 6.45) is 1.12.